The summed E-state index contributed by atoms with van der Waals surface area (Å²) in [5, 5.41) is 0. The molecule has 1 rings (SSSR count). The van der Waals surface area contributed by atoms with E-state index < -0.39 is 32.5 Å². The van der Waals surface area contributed by atoms with E-state index in [4.69, 9.17) is 24.0 Å². The van der Waals surface area contributed by atoms with Crippen LogP contribution in [-0.2, 0) is 32.9 Å². The van der Waals surface area contributed by atoms with Gasteiger partial charge < -0.3 is 24.0 Å². The number of hydrogen-bond donors (Lipinski definition) is 2. The lowest BCUT2D eigenvalue weighted by Gasteiger charge is -2.18. The van der Waals surface area contributed by atoms with E-state index in [0.29, 0.717) is 12.8 Å². The number of ether oxygens (including phenoxy) is 3. The van der Waals surface area contributed by atoms with Crippen molar-refractivity contribution in [1.29, 1.82) is 0 Å². The number of epoxide rings is 1. The van der Waals surface area contributed by atoms with Gasteiger partial charge in [0, 0.05) is 12.8 Å². The second-order valence-corrected chi connectivity index (χ2v) is 14.9. The van der Waals surface area contributed by atoms with Crippen molar-refractivity contribution >= 4 is 19.8 Å². The van der Waals surface area contributed by atoms with Gasteiger partial charge in [0.05, 0.1) is 18.8 Å². The van der Waals surface area contributed by atoms with Crippen LogP contribution in [0.5, 0.6) is 0 Å². The van der Waals surface area contributed by atoms with Gasteiger partial charge in [0.2, 0.25) is 0 Å². The fourth-order valence-corrected chi connectivity index (χ4v) is 5.83. The number of hydrogen-bond acceptors (Lipinski definition) is 7. The minimum atomic E-state index is -4.78. The second kappa shape index (κ2) is 34.0. The quantitative estimate of drug-likeness (QED) is 0.0213. The van der Waals surface area contributed by atoms with E-state index in [2.05, 4.69) is 91.3 Å². The molecule has 1 aliphatic heterocycles. The Kier molecular flexibility index (Phi) is 31.1. The molecule has 0 spiro atoms. The summed E-state index contributed by atoms with van der Waals surface area (Å²) in [6.07, 6.45) is 46.4. The Balaban J connectivity index is 2.16. The van der Waals surface area contributed by atoms with Crippen molar-refractivity contribution in [3.8, 4) is 0 Å². The van der Waals surface area contributed by atoms with Crippen LogP contribution in [0, 0.1) is 0 Å². The molecule has 1 aliphatic rings. The largest absolute Gasteiger partial charge is 0.469 e. The second-order valence-electron chi connectivity index (χ2n) is 13.6. The van der Waals surface area contributed by atoms with Crippen molar-refractivity contribution in [3.63, 3.8) is 0 Å². The van der Waals surface area contributed by atoms with Gasteiger partial charge in [-0.3, -0.25) is 14.1 Å². The van der Waals surface area contributed by atoms with Crippen LogP contribution in [0.3, 0.4) is 0 Å². The number of carbonyl (C=O) groups excluding carboxylic acids is 2. The molecule has 1 fully saturated rings. The van der Waals surface area contributed by atoms with Gasteiger partial charge in [-0.1, -0.05) is 125 Å². The van der Waals surface area contributed by atoms with Crippen LogP contribution >= 0.6 is 7.82 Å². The smallest absolute Gasteiger partial charge is 0.462 e. The zero-order chi connectivity index (χ0) is 38.7. The molecule has 0 aromatic carbocycles. The summed E-state index contributed by atoms with van der Waals surface area (Å²) in [5.74, 6) is -0.993. The molecule has 1 heterocycles. The fourth-order valence-electron chi connectivity index (χ4n) is 5.46. The van der Waals surface area contributed by atoms with Gasteiger partial charge in [-0.2, -0.15) is 0 Å². The number of esters is 2. The third kappa shape index (κ3) is 33.7. The van der Waals surface area contributed by atoms with Crippen molar-refractivity contribution in [2.75, 3.05) is 13.2 Å². The average Bonchev–Trinajstić information content (AvgIpc) is 3.88. The van der Waals surface area contributed by atoms with Crippen molar-refractivity contribution in [1.82, 2.24) is 0 Å². The van der Waals surface area contributed by atoms with Gasteiger partial charge in [-0.05, 0) is 89.9 Å². The zero-order valence-electron chi connectivity index (χ0n) is 32.8. The lowest BCUT2D eigenvalue weighted by Crippen LogP contribution is -2.29. The van der Waals surface area contributed by atoms with Crippen molar-refractivity contribution in [2.45, 2.75) is 173 Å². The molecule has 53 heavy (non-hydrogen) atoms. The lowest BCUT2D eigenvalue weighted by atomic mass is 10.1. The van der Waals surface area contributed by atoms with E-state index in [9.17, 15) is 14.2 Å². The molecule has 0 aromatic rings. The predicted molar refractivity (Wildman–Crippen MR) is 215 cm³/mol. The molecule has 2 N–H and O–H groups in total. The van der Waals surface area contributed by atoms with Crippen LogP contribution in [0.4, 0.5) is 0 Å². The van der Waals surface area contributed by atoms with Crippen LogP contribution < -0.4 is 0 Å². The van der Waals surface area contributed by atoms with Gasteiger partial charge in [-0.25, -0.2) is 4.57 Å². The summed E-state index contributed by atoms with van der Waals surface area (Å²) in [6.45, 7) is 3.53. The molecule has 0 radical (unpaired) electrons. The van der Waals surface area contributed by atoms with E-state index in [1.165, 1.54) is 44.9 Å². The lowest BCUT2D eigenvalue weighted by molar-refractivity contribution is -0.161. The SMILES string of the molecule is CCCCC/C=C\C/C=C\C/C=C\CCCCCCC(=O)O[C@H](COC(=O)CCCC1OC1C/C=C\C/C=C\C/C=C\CCCCC)COP(=O)(O)O. The summed E-state index contributed by atoms with van der Waals surface area (Å²) < 4.78 is 32.1. The third-order valence-electron chi connectivity index (χ3n) is 8.62. The van der Waals surface area contributed by atoms with E-state index in [0.717, 1.165) is 70.6 Å². The number of allylic oxidation sites excluding steroid dienone is 11. The minimum absolute atomic E-state index is 0.132. The van der Waals surface area contributed by atoms with Gasteiger partial charge >= 0.3 is 19.8 Å². The Bertz CT molecular complexity index is 1150. The summed E-state index contributed by atoms with van der Waals surface area (Å²) in [6, 6.07) is 0. The molecule has 0 amide bonds. The van der Waals surface area contributed by atoms with E-state index >= 15 is 0 Å². The van der Waals surface area contributed by atoms with Crippen molar-refractivity contribution < 1.29 is 42.7 Å². The summed E-state index contributed by atoms with van der Waals surface area (Å²) in [5.41, 5.74) is 0. The first-order chi connectivity index (χ1) is 25.7. The van der Waals surface area contributed by atoms with Crippen LogP contribution in [0.15, 0.2) is 72.9 Å². The Labute approximate surface area is 321 Å². The molecule has 9 nitrogen and oxygen atoms in total. The highest BCUT2D eigenvalue weighted by molar-refractivity contribution is 7.46. The van der Waals surface area contributed by atoms with Crippen LogP contribution in [0.2, 0.25) is 0 Å². The molecule has 1 saturated heterocycles. The molecule has 302 valence electrons. The maximum Gasteiger partial charge on any atom is 0.469 e. The Morgan fingerprint density at radius 3 is 1.64 bits per heavy atom. The summed E-state index contributed by atoms with van der Waals surface area (Å²) in [4.78, 5) is 42.9. The normalized spacial score (nSPS) is 17.1. The highest BCUT2D eigenvalue weighted by Crippen LogP contribution is 2.36. The standard InChI is InChI=1S/C43H71O9P/c1-3-5-7-9-11-13-15-17-18-19-20-21-23-25-27-29-31-35-43(45)51-39(38-50-53(46,47)48)37-49-42(44)36-32-34-41-40(52-41)33-30-28-26-24-22-16-14-12-10-8-6-4-2/h11-14,17-18,20-22,24,28,30,39-41H,3-10,15-16,19,23,25-27,29,31-38H2,1-2H3,(H2,46,47,48)/b13-11-,14-12-,18-17-,21-20-,24-22-,30-28-/t39-,40?,41?/m1/s1. The highest BCUT2D eigenvalue weighted by Gasteiger charge is 2.36. The number of rotatable bonds is 35. The molecule has 2 unspecified atom stereocenters. The number of carbonyl (C=O) groups is 2. The van der Waals surface area contributed by atoms with E-state index in [-0.39, 0.29) is 31.7 Å². The minimum Gasteiger partial charge on any atom is -0.462 e. The van der Waals surface area contributed by atoms with Crippen molar-refractivity contribution in [2.24, 2.45) is 0 Å². The number of unbranched alkanes of at least 4 members (excludes halogenated alkanes) is 10. The first-order valence-electron chi connectivity index (χ1n) is 20.4. The predicted octanol–water partition coefficient (Wildman–Crippen LogP) is 11.3. The van der Waals surface area contributed by atoms with Gasteiger partial charge in [0.1, 0.15) is 6.61 Å². The topological polar surface area (TPSA) is 132 Å². The maximum atomic E-state index is 12.4. The van der Waals surface area contributed by atoms with Crippen LogP contribution in [0.25, 0.3) is 0 Å². The van der Waals surface area contributed by atoms with Crippen LogP contribution in [-0.4, -0.2) is 53.3 Å². The molecule has 3 atom stereocenters. The van der Waals surface area contributed by atoms with Gasteiger partial charge in [-0.15, -0.1) is 0 Å². The van der Waals surface area contributed by atoms with Crippen molar-refractivity contribution in [3.05, 3.63) is 72.9 Å². The monoisotopic (exact) mass is 762 g/mol. The molecule has 0 aliphatic carbocycles. The van der Waals surface area contributed by atoms with Gasteiger partial charge in [0.15, 0.2) is 6.10 Å². The maximum absolute atomic E-state index is 12.4. The first kappa shape index (κ1) is 48.5. The molecule has 0 aromatic heterocycles. The zero-order valence-corrected chi connectivity index (χ0v) is 33.7. The molecule has 0 bridgehead atoms. The summed E-state index contributed by atoms with van der Waals surface area (Å²) in [7, 11) is -4.78. The Morgan fingerprint density at radius 2 is 1.09 bits per heavy atom. The highest BCUT2D eigenvalue weighted by atomic mass is 31.2. The first-order valence-corrected chi connectivity index (χ1v) is 21.9. The van der Waals surface area contributed by atoms with Crippen LogP contribution in [0.1, 0.15) is 155 Å². The fraction of sp³-hybridized carbons (Fsp3) is 0.674. The van der Waals surface area contributed by atoms with E-state index in [1.807, 2.05) is 0 Å². The number of phosphoric ester groups is 1. The molecular formula is C43H71O9P. The Hall–Kier alpha value is -2.55. The summed E-state index contributed by atoms with van der Waals surface area (Å²) >= 11 is 0. The van der Waals surface area contributed by atoms with Gasteiger partial charge in [0.25, 0.3) is 0 Å². The molecule has 10 heteroatoms. The molecular weight excluding hydrogens is 691 g/mol. The Morgan fingerprint density at radius 1 is 0.604 bits per heavy atom. The van der Waals surface area contributed by atoms with E-state index in [1.54, 1.807) is 0 Å². The number of phosphoric acid groups is 1. The average molecular weight is 763 g/mol. The molecule has 0 saturated carbocycles. The third-order valence-corrected chi connectivity index (χ3v) is 9.11.